The zero-order valence-electron chi connectivity index (χ0n) is 8.00. The van der Waals surface area contributed by atoms with Crippen molar-refractivity contribution in [2.45, 2.75) is 13.3 Å². The summed E-state index contributed by atoms with van der Waals surface area (Å²) in [5, 5.41) is 0.454. The molecular weight excluding hydrogens is 326 g/mol. The van der Waals surface area contributed by atoms with E-state index in [1.807, 2.05) is 19.1 Å². The minimum Gasteiger partial charge on any atom is -0.458 e. The third kappa shape index (κ3) is 2.31. The summed E-state index contributed by atoms with van der Waals surface area (Å²) in [6.45, 7) is 2.03. The van der Waals surface area contributed by atoms with E-state index >= 15 is 0 Å². The van der Waals surface area contributed by atoms with Crippen LogP contribution in [0.15, 0.2) is 22.7 Å². The van der Waals surface area contributed by atoms with E-state index in [-0.39, 0.29) is 0 Å². The Morgan fingerprint density at radius 1 is 1.47 bits per heavy atom. The van der Waals surface area contributed by atoms with Crippen LogP contribution < -0.4 is 0 Å². The Morgan fingerprint density at radius 2 is 2.27 bits per heavy atom. The molecule has 0 fully saturated rings. The Bertz CT molecular complexity index is 484. The summed E-state index contributed by atoms with van der Waals surface area (Å²) in [6, 6.07) is 3.78. The molecule has 2 heterocycles. The Labute approximate surface area is 106 Å². The van der Waals surface area contributed by atoms with Crippen LogP contribution in [0.5, 0.6) is 0 Å². The number of hydrogen-bond donors (Lipinski definition) is 0. The van der Waals surface area contributed by atoms with Gasteiger partial charge in [0.25, 0.3) is 0 Å². The highest BCUT2D eigenvalue weighted by Gasteiger charge is 2.08. The van der Waals surface area contributed by atoms with Gasteiger partial charge < -0.3 is 4.42 Å². The van der Waals surface area contributed by atoms with Crippen LogP contribution in [0.3, 0.4) is 0 Å². The lowest BCUT2D eigenvalue weighted by Crippen LogP contribution is -1.89. The van der Waals surface area contributed by atoms with E-state index in [4.69, 9.17) is 16.0 Å². The van der Waals surface area contributed by atoms with E-state index in [0.29, 0.717) is 16.7 Å². The van der Waals surface area contributed by atoms with Gasteiger partial charge in [-0.15, -0.1) is 0 Å². The monoisotopic (exact) mass is 334 g/mol. The van der Waals surface area contributed by atoms with Crippen molar-refractivity contribution >= 4 is 34.2 Å². The van der Waals surface area contributed by atoms with Crippen LogP contribution in [0.4, 0.5) is 0 Å². The van der Waals surface area contributed by atoms with Gasteiger partial charge in [0, 0.05) is 12.6 Å². The van der Waals surface area contributed by atoms with Gasteiger partial charge in [-0.1, -0.05) is 18.5 Å². The normalized spacial score (nSPS) is 10.6. The summed E-state index contributed by atoms with van der Waals surface area (Å²) in [5.41, 5.74) is 0. The lowest BCUT2D eigenvalue weighted by atomic mass is 10.3. The highest BCUT2D eigenvalue weighted by Crippen LogP contribution is 2.22. The van der Waals surface area contributed by atoms with Gasteiger partial charge in [-0.3, -0.25) is 0 Å². The minimum absolute atomic E-state index is 0.454. The summed E-state index contributed by atoms with van der Waals surface area (Å²) < 4.78 is 6.36. The molecule has 2 rings (SSSR count). The molecule has 0 aliphatic rings. The number of rotatable bonds is 2. The molecule has 0 aliphatic carbocycles. The van der Waals surface area contributed by atoms with Crippen molar-refractivity contribution in [2.24, 2.45) is 0 Å². The Kier molecular flexibility index (Phi) is 3.25. The van der Waals surface area contributed by atoms with Crippen LogP contribution in [0.25, 0.3) is 11.6 Å². The molecule has 15 heavy (non-hydrogen) atoms. The highest BCUT2D eigenvalue weighted by atomic mass is 127. The molecule has 2 aromatic rings. The van der Waals surface area contributed by atoms with Gasteiger partial charge in [0.2, 0.25) is 0 Å². The smallest absolute Gasteiger partial charge is 0.197 e. The zero-order valence-corrected chi connectivity index (χ0v) is 10.9. The fourth-order valence-corrected chi connectivity index (χ4v) is 1.54. The van der Waals surface area contributed by atoms with Crippen molar-refractivity contribution in [3.63, 3.8) is 0 Å². The Morgan fingerprint density at radius 3 is 2.87 bits per heavy atom. The second-order valence-corrected chi connectivity index (χ2v) is 4.47. The summed E-state index contributed by atoms with van der Waals surface area (Å²) in [7, 11) is 0. The standard InChI is InChI=1S/C10H8ClIN2O/c1-2-6-3-4-8(15-6)10-13-5-7(12)9(11)14-10/h3-5H,2H2,1H3. The number of furan rings is 1. The molecule has 0 saturated carbocycles. The topological polar surface area (TPSA) is 38.9 Å². The zero-order chi connectivity index (χ0) is 10.8. The number of halogens is 2. The largest absolute Gasteiger partial charge is 0.458 e. The van der Waals surface area contributed by atoms with Gasteiger partial charge in [-0.05, 0) is 34.7 Å². The second kappa shape index (κ2) is 4.49. The maximum absolute atomic E-state index is 5.90. The maximum Gasteiger partial charge on any atom is 0.197 e. The number of aromatic nitrogens is 2. The van der Waals surface area contributed by atoms with Crippen LogP contribution in [0.2, 0.25) is 5.15 Å². The van der Waals surface area contributed by atoms with Crippen LogP contribution in [0, 0.1) is 3.57 Å². The molecule has 0 amide bonds. The first-order valence-electron chi connectivity index (χ1n) is 4.48. The van der Waals surface area contributed by atoms with Gasteiger partial charge in [0.05, 0.1) is 3.57 Å². The second-order valence-electron chi connectivity index (χ2n) is 2.95. The lowest BCUT2D eigenvalue weighted by molar-refractivity contribution is 0.525. The van der Waals surface area contributed by atoms with Crippen molar-refractivity contribution in [3.05, 3.63) is 32.8 Å². The van der Waals surface area contributed by atoms with Crippen LogP contribution in [-0.2, 0) is 6.42 Å². The van der Waals surface area contributed by atoms with E-state index in [1.165, 1.54) is 0 Å². The molecule has 0 aliphatic heterocycles. The fraction of sp³-hybridized carbons (Fsp3) is 0.200. The third-order valence-corrected chi connectivity index (χ3v) is 3.33. The average Bonchev–Trinajstić information content (AvgIpc) is 2.70. The predicted octanol–water partition coefficient (Wildman–Crippen LogP) is 3.56. The molecule has 0 aromatic carbocycles. The fourth-order valence-electron chi connectivity index (χ4n) is 1.15. The molecule has 0 N–H and O–H groups in total. The average molecular weight is 335 g/mol. The van der Waals surface area contributed by atoms with Gasteiger partial charge >= 0.3 is 0 Å². The number of nitrogens with zero attached hydrogens (tertiary/aromatic N) is 2. The predicted molar refractivity (Wildman–Crippen MR) is 66.8 cm³/mol. The highest BCUT2D eigenvalue weighted by molar-refractivity contribution is 14.1. The van der Waals surface area contributed by atoms with Gasteiger partial charge in [-0.25, -0.2) is 9.97 Å². The van der Waals surface area contributed by atoms with Crippen molar-refractivity contribution in [1.29, 1.82) is 0 Å². The Hall–Kier alpha value is -0.620. The first-order valence-corrected chi connectivity index (χ1v) is 5.93. The van der Waals surface area contributed by atoms with Crippen molar-refractivity contribution in [1.82, 2.24) is 9.97 Å². The van der Waals surface area contributed by atoms with Crippen molar-refractivity contribution in [2.75, 3.05) is 0 Å². The quantitative estimate of drug-likeness (QED) is 0.623. The number of aryl methyl sites for hydroxylation is 1. The summed E-state index contributed by atoms with van der Waals surface area (Å²) in [6.07, 6.45) is 2.54. The molecule has 2 aromatic heterocycles. The molecule has 5 heteroatoms. The first-order chi connectivity index (χ1) is 7.20. The SMILES string of the molecule is CCc1ccc(-c2ncc(I)c(Cl)n2)o1. The van der Waals surface area contributed by atoms with E-state index in [0.717, 1.165) is 15.8 Å². The van der Waals surface area contributed by atoms with Crippen molar-refractivity contribution < 1.29 is 4.42 Å². The van der Waals surface area contributed by atoms with Gasteiger partial charge in [0.15, 0.2) is 11.6 Å². The molecule has 0 bridgehead atoms. The van der Waals surface area contributed by atoms with E-state index in [1.54, 1.807) is 6.20 Å². The molecule has 0 spiro atoms. The van der Waals surface area contributed by atoms with Crippen LogP contribution in [-0.4, -0.2) is 9.97 Å². The van der Waals surface area contributed by atoms with Gasteiger partial charge in [0.1, 0.15) is 10.9 Å². The molecule has 0 unspecified atom stereocenters. The number of hydrogen-bond acceptors (Lipinski definition) is 3. The molecule has 0 atom stereocenters. The Balaban J connectivity index is 2.40. The van der Waals surface area contributed by atoms with Crippen LogP contribution in [0.1, 0.15) is 12.7 Å². The summed E-state index contributed by atoms with van der Waals surface area (Å²) in [5.74, 6) is 2.11. The summed E-state index contributed by atoms with van der Waals surface area (Å²) in [4.78, 5) is 8.30. The molecular formula is C10H8ClIN2O. The lowest BCUT2D eigenvalue weighted by Gasteiger charge is -1.97. The summed E-state index contributed by atoms with van der Waals surface area (Å²) >= 11 is 7.99. The van der Waals surface area contributed by atoms with Crippen LogP contribution >= 0.6 is 34.2 Å². The molecule has 3 nitrogen and oxygen atoms in total. The van der Waals surface area contributed by atoms with E-state index in [9.17, 15) is 0 Å². The first kappa shape index (κ1) is 10.9. The van der Waals surface area contributed by atoms with E-state index in [2.05, 4.69) is 32.6 Å². The van der Waals surface area contributed by atoms with Gasteiger partial charge in [-0.2, -0.15) is 0 Å². The minimum atomic E-state index is 0.454. The molecule has 78 valence electrons. The maximum atomic E-state index is 5.90. The molecule has 0 radical (unpaired) electrons. The third-order valence-electron chi connectivity index (χ3n) is 1.93. The van der Waals surface area contributed by atoms with E-state index < -0.39 is 0 Å². The molecule has 0 saturated heterocycles. The van der Waals surface area contributed by atoms with Crippen molar-refractivity contribution in [3.8, 4) is 11.6 Å².